The van der Waals surface area contributed by atoms with Crippen LogP contribution in [-0.4, -0.2) is 21.5 Å². The minimum absolute atomic E-state index is 0.129. The van der Waals surface area contributed by atoms with E-state index < -0.39 is 15.8 Å². The number of sulfonamides is 1. The van der Waals surface area contributed by atoms with E-state index >= 15 is 0 Å². The summed E-state index contributed by atoms with van der Waals surface area (Å²) in [7, 11) is -3.83. The number of halogens is 2. The Bertz CT molecular complexity index is 558. The van der Waals surface area contributed by atoms with Crippen molar-refractivity contribution in [3.8, 4) is 0 Å². The third-order valence-corrected chi connectivity index (χ3v) is 5.12. The first-order valence-electron chi connectivity index (χ1n) is 5.53. The molecule has 0 aliphatic heterocycles. The molecule has 0 bridgehead atoms. The van der Waals surface area contributed by atoms with Gasteiger partial charge >= 0.3 is 0 Å². The molecule has 3 N–H and O–H groups in total. The predicted molar refractivity (Wildman–Crippen MR) is 70.0 cm³/mol. The summed E-state index contributed by atoms with van der Waals surface area (Å²) in [5.41, 5.74) is 5.45. The molecule has 7 heteroatoms. The van der Waals surface area contributed by atoms with E-state index in [0.717, 1.165) is 18.9 Å². The van der Waals surface area contributed by atoms with Crippen LogP contribution in [0.5, 0.6) is 0 Å². The molecule has 100 valence electrons. The molecule has 0 unspecified atom stereocenters. The van der Waals surface area contributed by atoms with Crippen molar-refractivity contribution in [2.75, 3.05) is 13.1 Å². The summed E-state index contributed by atoms with van der Waals surface area (Å²) < 4.78 is 40.4. The standard InChI is InChI=1S/C11H14BrFN2O2S/c12-8-1-2-9(13)10(5-8)18(16,17)15-7-11(6-14)3-4-11/h1-2,5,15H,3-4,6-7,14H2. The Morgan fingerprint density at radius 3 is 2.67 bits per heavy atom. The van der Waals surface area contributed by atoms with Crippen molar-refractivity contribution in [2.24, 2.45) is 11.1 Å². The summed E-state index contributed by atoms with van der Waals surface area (Å²) in [5.74, 6) is -0.761. The van der Waals surface area contributed by atoms with Crippen LogP contribution in [0.25, 0.3) is 0 Å². The number of benzene rings is 1. The lowest BCUT2D eigenvalue weighted by atomic mass is 10.1. The number of hydrogen-bond donors (Lipinski definition) is 2. The zero-order valence-corrected chi connectivity index (χ0v) is 12.0. The van der Waals surface area contributed by atoms with Crippen LogP contribution < -0.4 is 10.5 Å². The summed E-state index contributed by atoms with van der Waals surface area (Å²) in [6.45, 7) is 0.703. The molecular formula is C11H14BrFN2O2S. The van der Waals surface area contributed by atoms with E-state index in [1.54, 1.807) is 0 Å². The first-order chi connectivity index (χ1) is 8.38. The van der Waals surface area contributed by atoms with Crippen LogP contribution in [0.3, 0.4) is 0 Å². The minimum Gasteiger partial charge on any atom is -0.330 e. The normalized spacial score (nSPS) is 17.7. The van der Waals surface area contributed by atoms with Gasteiger partial charge in [-0.15, -0.1) is 0 Å². The third-order valence-electron chi connectivity index (χ3n) is 3.21. The molecule has 0 heterocycles. The second-order valence-electron chi connectivity index (χ2n) is 4.60. The molecule has 0 saturated heterocycles. The van der Waals surface area contributed by atoms with Crippen LogP contribution in [0, 0.1) is 11.2 Å². The molecule has 0 radical (unpaired) electrons. The van der Waals surface area contributed by atoms with Crippen LogP contribution >= 0.6 is 15.9 Å². The zero-order chi connectivity index (χ0) is 13.4. The number of rotatable bonds is 5. The van der Waals surface area contributed by atoms with Crippen LogP contribution in [-0.2, 0) is 10.0 Å². The fourth-order valence-corrected chi connectivity index (χ4v) is 3.41. The average Bonchev–Trinajstić information content (AvgIpc) is 3.11. The molecule has 0 spiro atoms. The molecule has 1 saturated carbocycles. The first-order valence-corrected chi connectivity index (χ1v) is 7.81. The third kappa shape index (κ3) is 2.90. The monoisotopic (exact) mass is 336 g/mol. The lowest BCUT2D eigenvalue weighted by Crippen LogP contribution is -2.34. The molecule has 2 rings (SSSR count). The van der Waals surface area contributed by atoms with Gasteiger partial charge in [0.15, 0.2) is 0 Å². The highest BCUT2D eigenvalue weighted by Gasteiger charge is 2.42. The van der Waals surface area contributed by atoms with Gasteiger partial charge in [-0.2, -0.15) is 0 Å². The Morgan fingerprint density at radius 2 is 2.11 bits per heavy atom. The molecule has 1 aromatic carbocycles. The molecule has 1 aliphatic rings. The van der Waals surface area contributed by atoms with Gasteiger partial charge in [-0.3, -0.25) is 0 Å². The maximum Gasteiger partial charge on any atom is 0.243 e. The molecule has 4 nitrogen and oxygen atoms in total. The van der Waals surface area contributed by atoms with Crippen LogP contribution in [0.2, 0.25) is 0 Å². The topological polar surface area (TPSA) is 72.2 Å². The maximum atomic E-state index is 13.5. The fraction of sp³-hybridized carbons (Fsp3) is 0.455. The zero-order valence-electron chi connectivity index (χ0n) is 9.62. The Morgan fingerprint density at radius 1 is 1.44 bits per heavy atom. The Labute approximate surface area is 114 Å². The Hall–Kier alpha value is -0.500. The second-order valence-corrected chi connectivity index (χ2v) is 7.25. The molecule has 18 heavy (non-hydrogen) atoms. The van der Waals surface area contributed by atoms with E-state index in [-0.39, 0.29) is 16.9 Å². The van der Waals surface area contributed by atoms with E-state index in [4.69, 9.17) is 5.73 Å². The van der Waals surface area contributed by atoms with Crippen molar-refractivity contribution in [2.45, 2.75) is 17.7 Å². The predicted octanol–water partition coefficient (Wildman–Crippen LogP) is 1.61. The Balaban J connectivity index is 2.18. The molecule has 0 aromatic heterocycles. The summed E-state index contributed by atoms with van der Waals surface area (Å²) in [5, 5.41) is 0. The molecular weight excluding hydrogens is 323 g/mol. The molecule has 1 fully saturated rings. The molecule has 0 atom stereocenters. The number of nitrogens with one attached hydrogen (secondary N) is 1. The first kappa shape index (κ1) is 13.9. The highest BCUT2D eigenvalue weighted by molar-refractivity contribution is 9.10. The van der Waals surface area contributed by atoms with Crippen molar-refractivity contribution < 1.29 is 12.8 Å². The van der Waals surface area contributed by atoms with E-state index in [2.05, 4.69) is 20.7 Å². The van der Waals surface area contributed by atoms with Crippen molar-refractivity contribution in [3.63, 3.8) is 0 Å². The van der Waals surface area contributed by atoms with Crippen LogP contribution in [0.4, 0.5) is 4.39 Å². The number of hydrogen-bond acceptors (Lipinski definition) is 3. The highest BCUT2D eigenvalue weighted by Crippen LogP contribution is 2.43. The van der Waals surface area contributed by atoms with Gasteiger partial charge < -0.3 is 5.73 Å². The van der Waals surface area contributed by atoms with Crippen molar-refractivity contribution >= 4 is 26.0 Å². The van der Waals surface area contributed by atoms with Gasteiger partial charge in [-0.1, -0.05) is 15.9 Å². The second kappa shape index (κ2) is 4.88. The molecule has 0 amide bonds. The van der Waals surface area contributed by atoms with Crippen molar-refractivity contribution in [3.05, 3.63) is 28.5 Å². The number of nitrogens with two attached hydrogens (primary N) is 1. The van der Waals surface area contributed by atoms with E-state index in [9.17, 15) is 12.8 Å². The van der Waals surface area contributed by atoms with Gasteiger partial charge in [0.05, 0.1) is 0 Å². The van der Waals surface area contributed by atoms with Gasteiger partial charge in [0.2, 0.25) is 10.0 Å². The van der Waals surface area contributed by atoms with Crippen LogP contribution in [0.15, 0.2) is 27.6 Å². The summed E-state index contributed by atoms with van der Waals surface area (Å²) >= 11 is 3.13. The van der Waals surface area contributed by atoms with E-state index in [1.165, 1.54) is 12.1 Å². The van der Waals surface area contributed by atoms with Crippen molar-refractivity contribution in [1.82, 2.24) is 4.72 Å². The van der Waals surface area contributed by atoms with Gasteiger partial charge in [0, 0.05) is 11.0 Å². The maximum absolute atomic E-state index is 13.5. The fourth-order valence-electron chi connectivity index (χ4n) is 1.64. The summed E-state index contributed by atoms with van der Waals surface area (Å²) in [4.78, 5) is -0.343. The minimum atomic E-state index is -3.83. The highest BCUT2D eigenvalue weighted by atomic mass is 79.9. The molecule has 1 aliphatic carbocycles. The van der Waals surface area contributed by atoms with Crippen molar-refractivity contribution in [1.29, 1.82) is 0 Å². The van der Waals surface area contributed by atoms with Gasteiger partial charge in [0.1, 0.15) is 10.7 Å². The van der Waals surface area contributed by atoms with E-state index in [0.29, 0.717) is 11.0 Å². The average molecular weight is 337 g/mol. The largest absolute Gasteiger partial charge is 0.330 e. The van der Waals surface area contributed by atoms with Gasteiger partial charge in [0.25, 0.3) is 0 Å². The summed E-state index contributed by atoms with van der Waals surface area (Å²) in [6.07, 6.45) is 1.82. The summed E-state index contributed by atoms with van der Waals surface area (Å²) in [6, 6.07) is 3.82. The van der Waals surface area contributed by atoms with Crippen LogP contribution in [0.1, 0.15) is 12.8 Å². The van der Waals surface area contributed by atoms with Gasteiger partial charge in [-0.05, 0) is 43.0 Å². The molecule has 1 aromatic rings. The Kier molecular flexibility index (Phi) is 3.77. The lowest BCUT2D eigenvalue weighted by molar-refractivity contribution is 0.497. The SMILES string of the molecule is NCC1(CNS(=O)(=O)c2cc(Br)ccc2F)CC1. The quantitative estimate of drug-likeness (QED) is 0.857. The smallest absolute Gasteiger partial charge is 0.243 e. The van der Waals surface area contributed by atoms with Gasteiger partial charge in [-0.25, -0.2) is 17.5 Å². The van der Waals surface area contributed by atoms with E-state index in [1.807, 2.05) is 0 Å². The lowest BCUT2D eigenvalue weighted by Gasteiger charge is -2.14.